The number of amides is 2. The molecule has 0 aliphatic heterocycles. The van der Waals surface area contributed by atoms with Gasteiger partial charge in [0.2, 0.25) is 5.91 Å². The average molecular weight is 202 g/mol. The number of hydrogen-bond donors (Lipinski definition) is 2. The summed E-state index contributed by atoms with van der Waals surface area (Å²) in [5, 5.41) is 5.12. The predicted molar refractivity (Wildman–Crippen MR) is 52.9 cm³/mol. The molecule has 5 nitrogen and oxygen atoms in total. The topological polar surface area (TPSA) is 67.4 Å². The Morgan fingerprint density at radius 3 is 2.29 bits per heavy atom. The Morgan fingerprint density at radius 1 is 1.36 bits per heavy atom. The van der Waals surface area contributed by atoms with Crippen molar-refractivity contribution in [1.82, 2.24) is 10.6 Å². The van der Waals surface area contributed by atoms with E-state index in [1.165, 1.54) is 7.11 Å². The maximum atomic E-state index is 11.5. The molecule has 0 saturated heterocycles. The van der Waals surface area contributed by atoms with Gasteiger partial charge in [-0.15, -0.1) is 0 Å². The molecule has 14 heavy (non-hydrogen) atoms. The zero-order chi connectivity index (χ0) is 11.1. The van der Waals surface area contributed by atoms with Gasteiger partial charge in [0.05, 0.1) is 7.11 Å². The molecule has 82 valence electrons. The SMILES string of the molecule is CCNC(=O)[C@@H](NC(=O)OC)C(C)C. The number of carbonyl (C=O) groups excluding carboxylic acids is 2. The molecule has 0 radical (unpaired) electrons. The van der Waals surface area contributed by atoms with E-state index in [2.05, 4.69) is 15.4 Å². The first-order chi connectivity index (χ1) is 6.52. The Kier molecular flexibility index (Phi) is 5.67. The number of rotatable bonds is 4. The largest absolute Gasteiger partial charge is 0.453 e. The standard InChI is InChI=1S/C9H18N2O3/c1-5-10-8(12)7(6(2)3)11-9(13)14-4/h6-7H,5H2,1-4H3,(H,10,12)(H,11,13)/t7-/m0/s1. The van der Waals surface area contributed by atoms with Crippen molar-refractivity contribution in [3.8, 4) is 0 Å². The van der Waals surface area contributed by atoms with Crippen molar-refractivity contribution < 1.29 is 14.3 Å². The Labute approximate surface area is 84.2 Å². The zero-order valence-electron chi connectivity index (χ0n) is 9.09. The Morgan fingerprint density at radius 2 is 1.93 bits per heavy atom. The molecule has 0 aliphatic carbocycles. The van der Waals surface area contributed by atoms with E-state index in [-0.39, 0.29) is 11.8 Å². The molecular formula is C9H18N2O3. The van der Waals surface area contributed by atoms with Gasteiger partial charge in [-0.1, -0.05) is 13.8 Å². The summed E-state index contributed by atoms with van der Waals surface area (Å²) in [6, 6.07) is -0.539. The van der Waals surface area contributed by atoms with Gasteiger partial charge in [-0.2, -0.15) is 0 Å². The number of methoxy groups -OCH3 is 1. The number of nitrogens with one attached hydrogen (secondary N) is 2. The van der Waals surface area contributed by atoms with Crippen molar-refractivity contribution in [2.24, 2.45) is 5.92 Å². The monoisotopic (exact) mass is 202 g/mol. The summed E-state index contributed by atoms with van der Waals surface area (Å²) in [7, 11) is 1.27. The van der Waals surface area contributed by atoms with Crippen LogP contribution in [0, 0.1) is 5.92 Å². The molecule has 0 aromatic rings. The summed E-state index contributed by atoms with van der Waals surface area (Å²) in [5.74, 6) is -0.159. The number of likely N-dealkylation sites (N-methyl/N-ethyl adjacent to an activating group) is 1. The molecule has 0 heterocycles. The van der Waals surface area contributed by atoms with Gasteiger partial charge < -0.3 is 15.4 Å². The molecule has 2 amide bonds. The van der Waals surface area contributed by atoms with Crippen molar-refractivity contribution in [1.29, 1.82) is 0 Å². The van der Waals surface area contributed by atoms with Crippen LogP contribution in [0.3, 0.4) is 0 Å². The summed E-state index contributed by atoms with van der Waals surface area (Å²) in [5.41, 5.74) is 0. The number of ether oxygens (including phenoxy) is 1. The third kappa shape index (κ3) is 4.11. The van der Waals surface area contributed by atoms with Crippen LogP contribution in [0.15, 0.2) is 0 Å². The van der Waals surface area contributed by atoms with Crippen LogP contribution >= 0.6 is 0 Å². The molecule has 0 saturated carbocycles. The van der Waals surface area contributed by atoms with Crippen LogP contribution in [0.25, 0.3) is 0 Å². The summed E-state index contributed by atoms with van der Waals surface area (Å²) >= 11 is 0. The fourth-order valence-corrected chi connectivity index (χ4v) is 1.01. The van der Waals surface area contributed by atoms with Crippen LogP contribution in [0.5, 0.6) is 0 Å². The van der Waals surface area contributed by atoms with E-state index < -0.39 is 12.1 Å². The van der Waals surface area contributed by atoms with Crippen LogP contribution in [-0.2, 0) is 9.53 Å². The highest BCUT2D eigenvalue weighted by Crippen LogP contribution is 2.01. The third-order valence-electron chi connectivity index (χ3n) is 1.76. The van der Waals surface area contributed by atoms with Gasteiger partial charge in [-0.3, -0.25) is 4.79 Å². The molecule has 2 N–H and O–H groups in total. The molecule has 1 atom stereocenters. The van der Waals surface area contributed by atoms with Gasteiger partial charge in [0.25, 0.3) is 0 Å². The summed E-state index contributed by atoms with van der Waals surface area (Å²) in [6.07, 6.45) is -0.588. The highest BCUT2D eigenvalue weighted by molar-refractivity contribution is 5.85. The maximum Gasteiger partial charge on any atom is 0.407 e. The summed E-state index contributed by atoms with van der Waals surface area (Å²) < 4.78 is 4.43. The first-order valence-electron chi connectivity index (χ1n) is 4.65. The maximum absolute atomic E-state index is 11.5. The lowest BCUT2D eigenvalue weighted by Gasteiger charge is -2.20. The minimum absolute atomic E-state index is 0.0284. The van der Waals surface area contributed by atoms with Gasteiger partial charge in [0, 0.05) is 6.54 Å². The molecule has 0 spiro atoms. The molecule has 0 bridgehead atoms. The molecule has 0 aromatic heterocycles. The second-order valence-electron chi connectivity index (χ2n) is 3.25. The summed E-state index contributed by atoms with van der Waals surface area (Å²) in [6.45, 7) is 6.09. The van der Waals surface area contributed by atoms with Gasteiger partial charge in [0.15, 0.2) is 0 Å². The normalized spacial score (nSPS) is 12.1. The number of alkyl carbamates (subject to hydrolysis) is 1. The molecule has 5 heteroatoms. The van der Waals surface area contributed by atoms with Gasteiger partial charge >= 0.3 is 6.09 Å². The van der Waals surface area contributed by atoms with E-state index in [0.29, 0.717) is 6.54 Å². The van der Waals surface area contributed by atoms with E-state index in [1.54, 1.807) is 0 Å². The van der Waals surface area contributed by atoms with Crippen molar-refractivity contribution >= 4 is 12.0 Å². The van der Waals surface area contributed by atoms with Gasteiger partial charge in [-0.25, -0.2) is 4.79 Å². The first-order valence-corrected chi connectivity index (χ1v) is 4.65. The minimum Gasteiger partial charge on any atom is -0.453 e. The minimum atomic E-state index is -0.588. The Balaban J connectivity index is 4.29. The molecule has 0 rings (SSSR count). The highest BCUT2D eigenvalue weighted by Gasteiger charge is 2.23. The lowest BCUT2D eigenvalue weighted by molar-refractivity contribution is -0.123. The fourth-order valence-electron chi connectivity index (χ4n) is 1.01. The van der Waals surface area contributed by atoms with Crippen molar-refractivity contribution in [3.63, 3.8) is 0 Å². The lowest BCUT2D eigenvalue weighted by atomic mass is 10.0. The van der Waals surface area contributed by atoms with Gasteiger partial charge in [-0.05, 0) is 12.8 Å². The van der Waals surface area contributed by atoms with E-state index in [0.717, 1.165) is 0 Å². The quantitative estimate of drug-likeness (QED) is 0.697. The molecule has 0 unspecified atom stereocenters. The van der Waals surface area contributed by atoms with Crippen molar-refractivity contribution in [2.75, 3.05) is 13.7 Å². The zero-order valence-corrected chi connectivity index (χ0v) is 9.09. The van der Waals surface area contributed by atoms with Crippen LogP contribution < -0.4 is 10.6 Å². The molecule has 0 aromatic carbocycles. The molecule has 0 fully saturated rings. The Hall–Kier alpha value is -1.26. The van der Waals surface area contributed by atoms with Crippen LogP contribution in [0.2, 0.25) is 0 Å². The third-order valence-corrected chi connectivity index (χ3v) is 1.76. The van der Waals surface area contributed by atoms with E-state index in [9.17, 15) is 9.59 Å². The lowest BCUT2D eigenvalue weighted by Crippen LogP contribution is -2.49. The van der Waals surface area contributed by atoms with Crippen LogP contribution in [0.4, 0.5) is 4.79 Å². The highest BCUT2D eigenvalue weighted by atomic mass is 16.5. The Bertz CT molecular complexity index is 204. The second kappa shape index (κ2) is 6.23. The number of hydrogen-bond acceptors (Lipinski definition) is 3. The second-order valence-corrected chi connectivity index (χ2v) is 3.25. The van der Waals surface area contributed by atoms with Gasteiger partial charge in [0.1, 0.15) is 6.04 Å². The van der Waals surface area contributed by atoms with E-state index >= 15 is 0 Å². The van der Waals surface area contributed by atoms with Crippen molar-refractivity contribution in [2.45, 2.75) is 26.8 Å². The number of carbonyl (C=O) groups is 2. The predicted octanol–water partition coefficient (Wildman–Crippen LogP) is 0.503. The van der Waals surface area contributed by atoms with Crippen LogP contribution in [0.1, 0.15) is 20.8 Å². The smallest absolute Gasteiger partial charge is 0.407 e. The molecule has 0 aliphatic rings. The van der Waals surface area contributed by atoms with E-state index in [4.69, 9.17) is 0 Å². The molecular weight excluding hydrogens is 184 g/mol. The summed E-state index contributed by atoms with van der Waals surface area (Å²) in [4.78, 5) is 22.4. The fraction of sp³-hybridized carbons (Fsp3) is 0.778. The van der Waals surface area contributed by atoms with Crippen molar-refractivity contribution in [3.05, 3.63) is 0 Å². The van der Waals surface area contributed by atoms with E-state index in [1.807, 2.05) is 20.8 Å². The van der Waals surface area contributed by atoms with Crippen LogP contribution in [-0.4, -0.2) is 31.7 Å². The average Bonchev–Trinajstić information content (AvgIpc) is 2.13. The first kappa shape index (κ1) is 12.7.